The van der Waals surface area contributed by atoms with E-state index < -0.39 is 7.82 Å². The van der Waals surface area contributed by atoms with E-state index in [4.69, 9.17) is 27.5 Å². The van der Waals surface area contributed by atoms with Gasteiger partial charge in [-0.05, 0) is 25.0 Å². The largest absolute Gasteiger partial charge is 0.507 e. The Morgan fingerprint density at radius 2 is 1.61 bits per heavy atom. The molecule has 0 aliphatic carbocycles. The van der Waals surface area contributed by atoms with Crippen LogP contribution >= 0.6 is 7.82 Å². The highest BCUT2D eigenvalue weighted by Crippen LogP contribution is 2.49. The van der Waals surface area contributed by atoms with Crippen LogP contribution in [0.15, 0.2) is 39.5 Å². The van der Waals surface area contributed by atoms with Gasteiger partial charge in [-0.2, -0.15) is 0 Å². The van der Waals surface area contributed by atoms with Gasteiger partial charge in [0.15, 0.2) is 0 Å². The molecule has 2 aromatic carbocycles. The van der Waals surface area contributed by atoms with Gasteiger partial charge in [-0.25, -0.2) is 4.57 Å². The number of hydrogen-bond donors (Lipinski definition) is 1. The Hall–Kier alpha value is -2.62. The minimum atomic E-state index is -3.67. The molecule has 0 unspecified atom stereocenters. The second-order valence-corrected chi connectivity index (χ2v) is 10.7. The molecule has 1 aliphatic heterocycles. The van der Waals surface area contributed by atoms with Gasteiger partial charge in [0.05, 0.1) is 38.4 Å². The lowest BCUT2D eigenvalue weighted by Gasteiger charge is -2.29. The number of benzene rings is 2. The third-order valence-corrected chi connectivity index (χ3v) is 7.68. The van der Waals surface area contributed by atoms with Crippen LogP contribution in [0.4, 0.5) is 5.69 Å². The molecule has 1 N–H and O–H groups in total. The second kappa shape index (κ2) is 13.4. The van der Waals surface area contributed by atoms with Crippen LogP contribution in [-0.4, -0.2) is 57.8 Å². The summed E-state index contributed by atoms with van der Waals surface area (Å²) in [4.78, 5) is 15.2. The monoisotopic (exact) mass is 549 g/mol. The lowest BCUT2D eigenvalue weighted by molar-refractivity contribution is 0.0980. The Balaban J connectivity index is 1.46. The van der Waals surface area contributed by atoms with Gasteiger partial charge in [-0.15, -0.1) is 0 Å². The molecule has 0 bridgehead atoms. The zero-order valence-corrected chi connectivity index (χ0v) is 22.9. The Morgan fingerprint density at radius 3 is 2.29 bits per heavy atom. The van der Waals surface area contributed by atoms with Gasteiger partial charge >= 0.3 is 7.82 Å². The van der Waals surface area contributed by atoms with Crippen molar-refractivity contribution in [3.8, 4) is 11.5 Å². The smallest absolute Gasteiger partial charge is 0.474 e. The third kappa shape index (κ3) is 7.07. The number of phenolic OH excluding ortho intramolecular Hbond substituents is 1. The molecule has 1 fully saturated rings. The predicted octanol–water partition coefficient (Wildman–Crippen LogP) is 5.63. The molecule has 1 aliphatic rings. The highest BCUT2D eigenvalue weighted by molar-refractivity contribution is 7.48. The molecule has 2 heterocycles. The topological polar surface area (TPSA) is 117 Å². The van der Waals surface area contributed by atoms with Crippen LogP contribution in [0.5, 0.6) is 11.5 Å². The highest BCUT2D eigenvalue weighted by Gasteiger charge is 2.26. The van der Waals surface area contributed by atoms with Crippen LogP contribution in [0.25, 0.3) is 21.9 Å². The van der Waals surface area contributed by atoms with E-state index in [0.29, 0.717) is 61.8 Å². The fraction of sp³-hybridized carbons (Fsp3) is 0.519. The number of fused-ring (bicyclic) bond motifs is 2. The normalized spacial score (nSPS) is 14.4. The maximum absolute atomic E-state index is 13.1. The van der Waals surface area contributed by atoms with Crippen LogP contribution in [-0.2, 0) is 22.9 Å². The van der Waals surface area contributed by atoms with Crippen LogP contribution in [0.3, 0.4) is 0 Å². The number of morpholine rings is 1. The lowest BCUT2D eigenvalue weighted by Crippen LogP contribution is -2.36. The van der Waals surface area contributed by atoms with Gasteiger partial charge in [0.1, 0.15) is 34.7 Å². The van der Waals surface area contributed by atoms with Crippen molar-refractivity contribution in [2.75, 3.05) is 57.6 Å². The van der Waals surface area contributed by atoms with E-state index in [1.165, 1.54) is 0 Å². The van der Waals surface area contributed by atoms with Crippen molar-refractivity contribution in [2.24, 2.45) is 0 Å². The molecule has 0 atom stereocenters. The van der Waals surface area contributed by atoms with Crippen molar-refractivity contribution in [1.82, 2.24) is 0 Å². The molecule has 3 aromatic rings. The molecule has 1 aromatic heterocycles. The molecule has 0 spiro atoms. The molecular weight excluding hydrogens is 513 g/mol. The van der Waals surface area contributed by atoms with Crippen molar-refractivity contribution >= 4 is 35.4 Å². The van der Waals surface area contributed by atoms with E-state index in [9.17, 15) is 14.5 Å². The summed E-state index contributed by atoms with van der Waals surface area (Å²) >= 11 is 0. The summed E-state index contributed by atoms with van der Waals surface area (Å²) in [7, 11) is -3.67. The minimum absolute atomic E-state index is 0.00792. The molecule has 38 heavy (non-hydrogen) atoms. The summed E-state index contributed by atoms with van der Waals surface area (Å²) in [6, 6.07) is 8.20. The number of nitrogens with zero attached hydrogens (tertiary/aromatic N) is 1. The summed E-state index contributed by atoms with van der Waals surface area (Å²) < 4.78 is 46.4. The number of phosphoric ester groups is 1. The average molecular weight is 550 g/mol. The summed E-state index contributed by atoms with van der Waals surface area (Å²) in [5, 5.41) is 11.1. The molecule has 0 radical (unpaired) electrons. The molecule has 0 saturated carbocycles. The summed E-state index contributed by atoms with van der Waals surface area (Å²) in [5.41, 5.74) is 1.06. The maximum atomic E-state index is 13.1. The first-order valence-electron chi connectivity index (χ1n) is 13.2. The number of unbranched alkanes of at least 4 members (excludes halogenated alkanes) is 2. The highest BCUT2D eigenvalue weighted by atomic mass is 31.2. The van der Waals surface area contributed by atoms with E-state index in [1.807, 2.05) is 13.8 Å². The summed E-state index contributed by atoms with van der Waals surface area (Å²) in [5.74, 6) is 0.328. The number of phenols is 1. The van der Waals surface area contributed by atoms with Crippen molar-refractivity contribution in [3.63, 3.8) is 0 Å². The maximum Gasteiger partial charge on any atom is 0.474 e. The fourth-order valence-corrected chi connectivity index (χ4v) is 5.31. The predicted molar refractivity (Wildman–Crippen MR) is 145 cm³/mol. The number of ether oxygens (including phenoxy) is 2. The number of rotatable bonds is 14. The Kier molecular flexibility index (Phi) is 10.0. The van der Waals surface area contributed by atoms with Crippen molar-refractivity contribution in [2.45, 2.75) is 39.5 Å². The van der Waals surface area contributed by atoms with Gasteiger partial charge in [0, 0.05) is 37.0 Å². The summed E-state index contributed by atoms with van der Waals surface area (Å²) in [6.45, 7) is 7.25. The SMILES string of the molecule is CCCCOP(=O)(OCCCC)OCCOc1ccc2c(=O)c3c(O)cc(N4CCOCC4)cc3oc2c1. The first kappa shape index (κ1) is 28.4. The van der Waals surface area contributed by atoms with E-state index in [-0.39, 0.29) is 29.8 Å². The first-order valence-corrected chi connectivity index (χ1v) is 14.6. The van der Waals surface area contributed by atoms with E-state index in [0.717, 1.165) is 31.4 Å². The first-order chi connectivity index (χ1) is 18.4. The Morgan fingerprint density at radius 1 is 0.921 bits per heavy atom. The van der Waals surface area contributed by atoms with Crippen LogP contribution in [0.1, 0.15) is 39.5 Å². The van der Waals surface area contributed by atoms with E-state index in [1.54, 1.807) is 30.3 Å². The fourth-order valence-electron chi connectivity index (χ4n) is 4.08. The molecule has 0 amide bonds. The second-order valence-electron chi connectivity index (χ2n) is 9.03. The van der Waals surface area contributed by atoms with Crippen LogP contribution in [0, 0.1) is 0 Å². The van der Waals surface area contributed by atoms with Crippen LogP contribution < -0.4 is 15.1 Å². The Bertz CT molecular complexity index is 1310. The third-order valence-electron chi connectivity index (χ3n) is 6.18. The quantitative estimate of drug-likeness (QED) is 0.154. The van der Waals surface area contributed by atoms with Gasteiger partial charge in [0.25, 0.3) is 0 Å². The van der Waals surface area contributed by atoms with Crippen LogP contribution in [0.2, 0.25) is 0 Å². The Labute approximate surface area is 222 Å². The molecule has 4 rings (SSSR count). The van der Waals surface area contributed by atoms with Crippen molar-refractivity contribution in [1.29, 1.82) is 0 Å². The molecular formula is C27H36NO9P. The van der Waals surface area contributed by atoms with Crippen molar-refractivity contribution in [3.05, 3.63) is 40.6 Å². The molecule has 1 saturated heterocycles. The number of aromatic hydroxyl groups is 1. The summed E-state index contributed by atoms with van der Waals surface area (Å²) in [6.07, 6.45) is 3.31. The van der Waals surface area contributed by atoms with Crippen molar-refractivity contribution < 1.29 is 37.1 Å². The number of hydrogen-bond acceptors (Lipinski definition) is 10. The van der Waals surface area contributed by atoms with Gasteiger partial charge < -0.3 is 23.9 Å². The standard InChI is InChI=1S/C27H36NO9P/c1-3-5-11-34-38(31,35-12-6-4-2)36-16-15-33-21-7-8-22-24(19-21)37-25-18-20(28-9-13-32-14-10-28)17-23(29)26(25)27(22)30/h7-8,17-19,29H,3-6,9-16H2,1-2H3. The molecule has 11 heteroatoms. The van der Waals surface area contributed by atoms with E-state index in [2.05, 4.69) is 4.90 Å². The van der Waals surface area contributed by atoms with E-state index >= 15 is 0 Å². The molecule has 208 valence electrons. The zero-order valence-electron chi connectivity index (χ0n) is 22.0. The molecule has 10 nitrogen and oxygen atoms in total. The zero-order chi connectivity index (χ0) is 27.0. The minimum Gasteiger partial charge on any atom is -0.507 e. The number of phosphoric acid groups is 1. The van der Waals surface area contributed by atoms with Gasteiger partial charge in [-0.1, -0.05) is 26.7 Å². The van der Waals surface area contributed by atoms with Gasteiger partial charge in [-0.3, -0.25) is 18.4 Å². The lowest BCUT2D eigenvalue weighted by atomic mass is 10.1. The number of anilines is 1. The average Bonchev–Trinajstić information content (AvgIpc) is 2.91. The van der Waals surface area contributed by atoms with Gasteiger partial charge in [0.2, 0.25) is 5.43 Å².